The number of nitrogens with zero attached hydrogens (tertiary/aromatic N) is 2. The number of rotatable bonds is 9. The molecule has 2 amide bonds. The molecule has 174 valence electrons. The van der Waals surface area contributed by atoms with Crippen molar-refractivity contribution in [2.75, 3.05) is 24.2 Å². The molecule has 7 nitrogen and oxygen atoms in total. The summed E-state index contributed by atoms with van der Waals surface area (Å²) >= 11 is 3.38. The van der Waals surface area contributed by atoms with Crippen molar-refractivity contribution in [1.82, 2.24) is 10.2 Å². The quantitative estimate of drug-likeness (QED) is 0.544. The highest BCUT2D eigenvalue weighted by Crippen LogP contribution is 2.29. The molecule has 2 aromatic rings. The van der Waals surface area contributed by atoms with Crippen LogP contribution in [0.5, 0.6) is 0 Å². The molecule has 0 heterocycles. The minimum atomic E-state index is -3.75. The van der Waals surface area contributed by atoms with Gasteiger partial charge in [0.2, 0.25) is 21.8 Å². The lowest BCUT2D eigenvalue weighted by molar-refractivity contribution is -0.139. The average molecular weight is 524 g/mol. The van der Waals surface area contributed by atoms with Crippen molar-refractivity contribution < 1.29 is 18.0 Å². The Labute approximate surface area is 199 Å². The van der Waals surface area contributed by atoms with Crippen molar-refractivity contribution in [3.8, 4) is 0 Å². The summed E-state index contributed by atoms with van der Waals surface area (Å²) in [6.07, 6.45) is 1.08. The van der Waals surface area contributed by atoms with Gasteiger partial charge >= 0.3 is 0 Å². The number of sulfonamides is 1. The van der Waals surface area contributed by atoms with E-state index in [9.17, 15) is 18.0 Å². The van der Waals surface area contributed by atoms with Crippen molar-refractivity contribution in [3.63, 3.8) is 0 Å². The highest BCUT2D eigenvalue weighted by atomic mass is 79.9. The second-order valence-corrected chi connectivity index (χ2v) is 10.7. The van der Waals surface area contributed by atoms with Crippen LogP contribution in [-0.2, 0) is 26.2 Å². The third kappa shape index (κ3) is 6.56. The van der Waals surface area contributed by atoms with Crippen LogP contribution in [0.2, 0.25) is 0 Å². The van der Waals surface area contributed by atoms with Crippen LogP contribution in [0.15, 0.2) is 53.0 Å². The Balaban J connectivity index is 2.44. The molecule has 1 N–H and O–H groups in total. The monoisotopic (exact) mass is 523 g/mol. The Morgan fingerprint density at radius 3 is 2.16 bits per heavy atom. The van der Waals surface area contributed by atoms with Crippen LogP contribution >= 0.6 is 15.9 Å². The zero-order valence-electron chi connectivity index (χ0n) is 19.0. The first-order valence-corrected chi connectivity index (χ1v) is 12.9. The lowest BCUT2D eigenvalue weighted by Gasteiger charge is -2.32. The standard InChI is InChI=1S/C23H30BrN3O4S/c1-16(2)20-8-6-7-9-21(20)27(32(5,30)31)15-22(28)26(17(3)23(29)25-4)14-18-10-12-19(24)13-11-18/h6-13,16-17H,14-15H2,1-5H3,(H,25,29). The van der Waals surface area contributed by atoms with Gasteiger partial charge in [-0.1, -0.05) is 60.1 Å². The van der Waals surface area contributed by atoms with Crippen LogP contribution in [0.3, 0.4) is 0 Å². The molecule has 0 aliphatic heterocycles. The number of carbonyl (C=O) groups excluding carboxylic acids is 2. The second-order valence-electron chi connectivity index (χ2n) is 7.92. The molecular weight excluding hydrogens is 494 g/mol. The number of nitrogens with one attached hydrogen (secondary N) is 1. The minimum Gasteiger partial charge on any atom is -0.357 e. The minimum absolute atomic E-state index is 0.0641. The summed E-state index contributed by atoms with van der Waals surface area (Å²) in [6.45, 7) is 5.33. The van der Waals surface area contributed by atoms with Crippen molar-refractivity contribution in [1.29, 1.82) is 0 Å². The Kier molecular flexibility index (Phi) is 8.86. The predicted octanol–water partition coefficient (Wildman–Crippen LogP) is 3.50. The number of likely N-dealkylation sites (N-methyl/N-ethyl adjacent to an activating group) is 1. The number of para-hydroxylation sites is 1. The van der Waals surface area contributed by atoms with E-state index in [0.29, 0.717) is 5.69 Å². The molecule has 0 aromatic heterocycles. The smallest absolute Gasteiger partial charge is 0.244 e. The highest BCUT2D eigenvalue weighted by Gasteiger charge is 2.30. The summed E-state index contributed by atoms with van der Waals surface area (Å²) in [5.74, 6) is -0.730. The molecule has 2 rings (SSSR count). The zero-order chi connectivity index (χ0) is 24.1. The van der Waals surface area contributed by atoms with E-state index >= 15 is 0 Å². The van der Waals surface area contributed by atoms with Gasteiger partial charge in [0.25, 0.3) is 0 Å². The third-order valence-electron chi connectivity index (χ3n) is 5.19. The van der Waals surface area contributed by atoms with Gasteiger partial charge in [0, 0.05) is 18.1 Å². The summed E-state index contributed by atoms with van der Waals surface area (Å²) in [6, 6.07) is 13.8. The Bertz CT molecular complexity index is 1060. The van der Waals surface area contributed by atoms with Gasteiger partial charge in [0.1, 0.15) is 12.6 Å². The first kappa shape index (κ1) is 25.9. The second kappa shape index (κ2) is 11.0. The fourth-order valence-corrected chi connectivity index (χ4v) is 4.51. The number of amides is 2. The molecule has 32 heavy (non-hydrogen) atoms. The molecule has 1 atom stereocenters. The fourth-order valence-electron chi connectivity index (χ4n) is 3.38. The number of benzene rings is 2. The van der Waals surface area contributed by atoms with Crippen molar-refractivity contribution in [2.45, 2.75) is 39.3 Å². The first-order chi connectivity index (χ1) is 15.0. The molecule has 0 fully saturated rings. The van der Waals surface area contributed by atoms with Gasteiger partial charge in [-0.2, -0.15) is 0 Å². The number of hydrogen-bond acceptors (Lipinski definition) is 4. The van der Waals surface area contributed by atoms with Gasteiger partial charge in [-0.3, -0.25) is 13.9 Å². The maximum absolute atomic E-state index is 13.4. The van der Waals surface area contributed by atoms with Gasteiger partial charge < -0.3 is 10.2 Å². The molecule has 0 saturated heterocycles. The van der Waals surface area contributed by atoms with E-state index in [4.69, 9.17) is 0 Å². The molecule has 0 radical (unpaired) electrons. The summed E-state index contributed by atoms with van der Waals surface area (Å²) in [4.78, 5) is 27.2. The topological polar surface area (TPSA) is 86.8 Å². The van der Waals surface area contributed by atoms with E-state index in [1.165, 1.54) is 11.9 Å². The van der Waals surface area contributed by atoms with Gasteiger partial charge in [0.15, 0.2) is 0 Å². The maximum Gasteiger partial charge on any atom is 0.244 e. The van der Waals surface area contributed by atoms with E-state index in [1.807, 2.05) is 50.2 Å². The van der Waals surface area contributed by atoms with Gasteiger partial charge in [0.05, 0.1) is 11.9 Å². The highest BCUT2D eigenvalue weighted by molar-refractivity contribution is 9.10. The summed E-state index contributed by atoms with van der Waals surface area (Å²) in [5, 5.41) is 2.56. The average Bonchev–Trinajstić information content (AvgIpc) is 2.75. The predicted molar refractivity (Wildman–Crippen MR) is 131 cm³/mol. The van der Waals surface area contributed by atoms with E-state index in [1.54, 1.807) is 19.1 Å². The largest absolute Gasteiger partial charge is 0.357 e. The van der Waals surface area contributed by atoms with Gasteiger partial charge in [-0.25, -0.2) is 8.42 Å². The van der Waals surface area contributed by atoms with E-state index in [-0.39, 0.29) is 18.4 Å². The molecule has 9 heteroatoms. The molecule has 0 saturated carbocycles. The molecule has 1 unspecified atom stereocenters. The Hall–Kier alpha value is -2.39. The third-order valence-corrected chi connectivity index (χ3v) is 6.84. The van der Waals surface area contributed by atoms with Crippen LogP contribution < -0.4 is 9.62 Å². The normalized spacial score (nSPS) is 12.3. The van der Waals surface area contributed by atoms with Crippen molar-refractivity contribution >= 4 is 43.5 Å². The Morgan fingerprint density at radius 1 is 1.03 bits per heavy atom. The van der Waals surface area contributed by atoms with Crippen LogP contribution in [0, 0.1) is 0 Å². The van der Waals surface area contributed by atoms with Crippen molar-refractivity contribution in [3.05, 3.63) is 64.1 Å². The number of halogens is 1. The SMILES string of the molecule is CNC(=O)C(C)N(Cc1ccc(Br)cc1)C(=O)CN(c1ccccc1C(C)C)S(C)(=O)=O. The van der Waals surface area contributed by atoms with Crippen LogP contribution in [-0.4, -0.2) is 51.0 Å². The van der Waals surface area contributed by atoms with Crippen LogP contribution in [0.4, 0.5) is 5.69 Å². The fraction of sp³-hybridized carbons (Fsp3) is 0.391. The molecule has 2 aromatic carbocycles. The molecular formula is C23H30BrN3O4S. The molecule has 0 aliphatic carbocycles. The number of anilines is 1. The van der Waals surface area contributed by atoms with E-state index < -0.39 is 28.5 Å². The molecule has 0 aliphatic rings. The lowest BCUT2D eigenvalue weighted by atomic mass is 10.0. The maximum atomic E-state index is 13.4. The zero-order valence-corrected chi connectivity index (χ0v) is 21.4. The summed E-state index contributed by atoms with van der Waals surface area (Å²) in [7, 11) is -2.25. The van der Waals surface area contributed by atoms with Crippen LogP contribution in [0.1, 0.15) is 37.8 Å². The van der Waals surface area contributed by atoms with Gasteiger partial charge in [-0.15, -0.1) is 0 Å². The van der Waals surface area contributed by atoms with Crippen LogP contribution in [0.25, 0.3) is 0 Å². The number of hydrogen-bond donors (Lipinski definition) is 1. The number of carbonyl (C=O) groups is 2. The van der Waals surface area contributed by atoms with E-state index in [2.05, 4.69) is 21.2 Å². The lowest BCUT2D eigenvalue weighted by Crippen LogP contribution is -2.50. The molecule has 0 bridgehead atoms. The Morgan fingerprint density at radius 2 is 1.62 bits per heavy atom. The molecule has 0 spiro atoms. The first-order valence-electron chi connectivity index (χ1n) is 10.3. The summed E-state index contributed by atoms with van der Waals surface area (Å²) in [5.41, 5.74) is 2.12. The van der Waals surface area contributed by atoms with E-state index in [0.717, 1.165) is 26.2 Å². The van der Waals surface area contributed by atoms with Gasteiger partial charge in [-0.05, 0) is 42.2 Å². The summed E-state index contributed by atoms with van der Waals surface area (Å²) < 4.78 is 27.4. The van der Waals surface area contributed by atoms with Crippen molar-refractivity contribution in [2.24, 2.45) is 0 Å².